The van der Waals surface area contributed by atoms with Crippen LogP contribution in [0.5, 0.6) is 0 Å². The molecule has 1 aromatic carbocycles. The molecule has 0 saturated heterocycles. The van der Waals surface area contributed by atoms with E-state index in [-0.39, 0.29) is 5.92 Å². The average molecular weight is 236 g/mol. The molecule has 0 saturated carbocycles. The van der Waals surface area contributed by atoms with Crippen LogP contribution in [-0.4, -0.2) is 0 Å². The van der Waals surface area contributed by atoms with Crippen molar-refractivity contribution in [3.8, 4) is 0 Å². The van der Waals surface area contributed by atoms with E-state index in [1.165, 1.54) is 0 Å². The molecule has 0 aromatic heterocycles. The van der Waals surface area contributed by atoms with Crippen LogP contribution in [0.4, 0.5) is 8.78 Å². The lowest BCUT2D eigenvalue weighted by Gasteiger charge is -2.16. The molecule has 1 aromatic rings. The summed E-state index contributed by atoms with van der Waals surface area (Å²) in [5, 5.41) is 0. The van der Waals surface area contributed by atoms with Gasteiger partial charge in [0.1, 0.15) is 0 Å². The molecule has 0 spiro atoms. The van der Waals surface area contributed by atoms with Gasteiger partial charge in [0.15, 0.2) is 11.6 Å². The molecule has 92 valence electrons. The minimum absolute atomic E-state index is 0.0294. The number of hydrogen-bond donors (Lipinski definition) is 0. The van der Waals surface area contributed by atoms with E-state index in [9.17, 15) is 8.78 Å². The summed E-state index contributed by atoms with van der Waals surface area (Å²) >= 11 is 0. The largest absolute Gasteiger partial charge is 0.204 e. The molecule has 0 fully saturated rings. The molecule has 0 atom stereocenters. The fraction of sp³-hybridized carbons (Fsp3) is 0.333. The van der Waals surface area contributed by atoms with Crippen molar-refractivity contribution in [3.05, 3.63) is 60.7 Å². The third kappa shape index (κ3) is 3.81. The molecular weight excluding hydrogens is 218 g/mol. The van der Waals surface area contributed by atoms with Gasteiger partial charge in [-0.1, -0.05) is 24.3 Å². The van der Waals surface area contributed by atoms with Crippen LogP contribution in [0.3, 0.4) is 0 Å². The minimum Gasteiger partial charge on any atom is -0.204 e. The van der Waals surface area contributed by atoms with Gasteiger partial charge in [0.2, 0.25) is 0 Å². The first-order valence-electron chi connectivity index (χ1n) is 5.86. The molecule has 0 heterocycles. The lowest BCUT2D eigenvalue weighted by Crippen LogP contribution is -2.03. The zero-order valence-corrected chi connectivity index (χ0v) is 9.96. The molecule has 0 aliphatic heterocycles. The van der Waals surface area contributed by atoms with Gasteiger partial charge in [-0.3, -0.25) is 0 Å². The summed E-state index contributed by atoms with van der Waals surface area (Å²) in [4.78, 5) is 0. The van der Waals surface area contributed by atoms with Crippen molar-refractivity contribution in [1.29, 1.82) is 0 Å². The van der Waals surface area contributed by atoms with Crippen LogP contribution >= 0.6 is 0 Å². The third-order valence-electron chi connectivity index (χ3n) is 2.86. The van der Waals surface area contributed by atoms with Crippen LogP contribution < -0.4 is 0 Å². The topological polar surface area (TPSA) is 0 Å². The molecule has 0 N–H and O–H groups in total. The highest BCUT2D eigenvalue weighted by atomic mass is 19.2. The quantitative estimate of drug-likeness (QED) is 0.586. The normalized spacial score (nSPS) is 10.5. The van der Waals surface area contributed by atoms with Crippen LogP contribution in [0.1, 0.15) is 37.2 Å². The standard InChI is InChI=1S/C15H18F2/c1-3-5-8-12(9-6-4-2)13-10-7-11-14(16)15(13)17/h3-4,7,10-12H,1-2,5-6,8-9H2. The van der Waals surface area contributed by atoms with Crippen molar-refractivity contribution < 1.29 is 8.78 Å². The summed E-state index contributed by atoms with van der Waals surface area (Å²) in [5.74, 6) is -1.46. The van der Waals surface area contributed by atoms with E-state index in [1.807, 2.05) is 0 Å². The number of halogens is 2. The highest BCUT2D eigenvalue weighted by Crippen LogP contribution is 2.29. The van der Waals surface area contributed by atoms with Gasteiger partial charge in [-0.2, -0.15) is 0 Å². The van der Waals surface area contributed by atoms with Crippen LogP contribution in [0.2, 0.25) is 0 Å². The smallest absolute Gasteiger partial charge is 0.162 e. The Labute approximate surface area is 102 Å². The molecule has 0 aliphatic rings. The highest BCUT2D eigenvalue weighted by molar-refractivity contribution is 5.23. The van der Waals surface area contributed by atoms with Crippen molar-refractivity contribution in [2.24, 2.45) is 0 Å². The van der Waals surface area contributed by atoms with Gasteiger partial charge < -0.3 is 0 Å². The Morgan fingerprint density at radius 1 is 1.06 bits per heavy atom. The van der Waals surface area contributed by atoms with Crippen LogP contribution in [0, 0.1) is 11.6 Å². The number of hydrogen-bond acceptors (Lipinski definition) is 0. The predicted molar refractivity (Wildman–Crippen MR) is 68.0 cm³/mol. The van der Waals surface area contributed by atoms with Gasteiger partial charge in [-0.05, 0) is 43.2 Å². The second-order valence-electron chi connectivity index (χ2n) is 4.07. The fourth-order valence-corrected chi connectivity index (χ4v) is 1.93. The first-order chi connectivity index (χ1) is 8.20. The van der Waals surface area contributed by atoms with Crippen molar-refractivity contribution in [2.45, 2.75) is 31.6 Å². The molecule has 0 radical (unpaired) electrons. The van der Waals surface area contributed by atoms with Crippen molar-refractivity contribution in [3.63, 3.8) is 0 Å². The maximum absolute atomic E-state index is 13.7. The monoisotopic (exact) mass is 236 g/mol. The molecule has 17 heavy (non-hydrogen) atoms. The molecule has 2 heteroatoms. The van der Waals surface area contributed by atoms with Crippen molar-refractivity contribution >= 4 is 0 Å². The average Bonchev–Trinajstić information content (AvgIpc) is 2.34. The Morgan fingerprint density at radius 3 is 2.18 bits per heavy atom. The molecule has 0 nitrogen and oxygen atoms in total. The van der Waals surface area contributed by atoms with Gasteiger partial charge in [-0.15, -0.1) is 13.2 Å². The van der Waals surface area contributed by atoms with Gasteiger partial charge in [-0.25, -0.2) is 8.78 Å². The highest BCUT2D eigenvalue weighted by Gasteiger charge is 2.16. The van der Waals surface area contributed by atoms with E-state index < -0.39 is 11.6 Å². The third-order valence-corrected chi connectivity index (χ3v) is 2.86. The number of allylic oxidation sites excluding steroid dienone is 2. The Kier molecular flexibility index (Phi) is 5.61. The fourth-order valence-electron chi connectivity index (χ4n) is 1.93. The minimum atomic E-state index is -0.773. The molecular formula is C15H18F2. The predicted octanol–water partition coefficient (Wildman–Crippen LogP) is 4.98. The van der Waals surface area contributed by atoms with E-state index in [0.29, 0.717) is 5.56 Å². The van der Waals surface area contributed by atoms with Crippen LogP contribution in [-0.2, 0) is 0 Å². The SMILES string of the molecule is C=CCCC(CCC=C)c1cccc(F)c1F. The second kappa shape index (κ2) is 7.00. The van der Waals surface area contributed by atoms with E-state index in [2.05, 4.69) is 13.2 Å². The number of rotatable bonds is 7. The van der Waals surface area contributed by atoms with E-state index >= 15 is 0 Å². The van der Waals surface area contributed by atoms with Crippen LogP contribution in [0.15, 0.2) is 43.5 Å². The molecule has 0 amide bonds. The zero-order chi connectivity index (χ0) is 12.7. The van der Waals surface area contributed by atoms with Gasteiger partial charge in [0.05, 0.1) is 0 Å². The van der Waals surface area contributed by atoms with E-state index in [0.717, 1.165) is 31.7 Å². The lowest BCUT2D eigenvalue weighted by atomic mass is 9.89. The molecule has 0 unspecified atom stereocenters. The van der Waals surface area contributed by atoms with Gasteiger partial charge >= 0.3 is 0 Å². The number of benzene rings is 1. The summed E-state index contributed by atoms with van der Waals surface area (Å²) in [5.41, 5.74) is 0.466. The summed E-state index contributed by atoms with van der Waals surface area (Å²) in [6.45, 7) is 7.32. The zero-order valence-electron chi connectivity index (χ0n) is 9.96. The first kappa shape index (κ1) is 13.6. The molecule has 0 bridgehead atoms. The Bertz CT molecular complexity index is 371. The lowest BCUT2D eigenvalue weighted by molar-refractivity contribution is 0.474. The summed E-state index contributed by atoms with van der Waals surface area (Å²) in [7, 11) is 0. The Hall–Kier alpha value is -1.44. The second-order valence-corrected chi connectivity index (χ2v) is 4.07. The van der Waals surface area contributed by atoms with Crippen molar-refractivity contribution in [2.75, 3.05) is 0 Å². The maximum Gasteiger partial charge on any atom is 0.162 e. The van der Waals surface area contributed by atoms with E-state index in [1.54, 1.807) is 24.3 Å². The van der Waals surface area contributed by atoms with Gasteiger partial charge in [0.25, 0.3) is 0 Å². The Morgan fingerprint density at radius 2 is 1.65 bits per heavy atom. The van der Waals surface area contributed by atoms with E-state index in [4.69, 9.17) is 0 Å². The maximum atomic E-state index is 13.7. The molecule has 1 rings (SSSR count). The summed E-state index contributed by atoms with van der Waals surface area (Å²) in [6, 6.07) is 4.37. The summed E-state index contributed by atoms with van der Waals surface area (Å²) in [6.07, 6.45) is 6.79. The Balaban J connectivity index is 2.89. The first-order valence-corrected chi connectivity index (χ1v) is 5.86. The van der Waals surface area contributed by atoms with Gasteiger partial charge in [0, 0.05) is 0 Å². The van der Waals surface area contributed by atoms with Crippen LogP contribution in [0.25, 0.3) is 0 Å². The molecule has 0 aliphatic carbocycles. The van der Waals surface area contributed by atoms with Crippen molar-refractivity contribution in [1.82, 2.24) is 0 Å². The summed E-state index contributed by atoms with van der Waals surface area (Å²) < 4.78 is 26.8.